The fraction of sp³-hybridized carbons (Fsp3) is 0.300. The molecule has 0 unspecified atom stereocenters. The molecule has 1 amide bonds. The molecule has 0 radical (unpaired) electrons. The molecule has 3 aromatic rings. The van der Waals surface area contributed by atoms with E-state index >= 15 is 0 Å². The maximum Gasteiger partial charge on any atom is 0.244 e. The van der Waals surface area contributed by atoms with Crippen molar-refractivity contribution in [2.45, 2.75) is 6.54 Å². The number of piperazine rings is 1. The second kappa shape index (κ2) is 8.99. The zero-order chi connectivity index (χ0) is 22.0. The maximum atomic E-state index is 12.9. The number of amides is 1. The smallest absolute Gasteiger partial charge is 0.244 e. The number of aromatic nitrogens is 5. The Hall–Kier alpha value is -3.04. The molecule has 0 atom stereocenters. The second-order valence-corrected chi connectivity index (χ2v) is 7.70. The van der Waals surface area contributed by atoms with Crippen LogP contribution in [0.15, 0.2) is 37.2 Å². The first kappa shape index (κ1) is 21.2. The molecule has 0 bridgehead atoms. The minimum Gasteiger partial charge on any atom is -0.495 e. The number of rotatable bonds is 6. The van der Waals surface area contributed by atoms with Crippen molar-refractivity contribution in [2.75, 3.05) is 38.2 Å². The van der Waals surface area contributed by atoms with Crippen LogP contribution in [0.1, 0.15) is 5.69 Å². The number of ether oxygens (including phenoxy) is 1. The van der Waals surface area contributed by atoms with Gasteiger partial charge in [0.2, 0.25) is 5.91 Å². The Morgan fingerprint density at radius 1 is 1.26 bits per heavy atom. The fourth-order valence-electron chi connectivity index (χ4n) is 3.51. The number of halogens is 2. The lowest BCUT2D eigenvalue weighted by Gasteiger charge is -2.36. The highest BCUT2D eigenvalue weighted by atomic mass is 35.5. The van der Waals surface area contributed by atoms with Gasteiger partial charge in [-0.15, -0.1) is 5.10 Å². The van der Waals surface area contributed by atoms with Crippen molar-refractivity contribution in [1.82, 2.24) is 29.7 Å². The third-order valence-electron chi connectivity index (χ3n) is 5.16. The molecule has 1 saturated heterocycles. The molecule has 1 fully saturated rings. The largest absolute Gasteiger partial charge is 0.495 e. The van der Waals surface area contributed by atoms with Crippen LogP contribution < -0.4 is 9.64 Å². The van der Waals surface area contributed by atoms with Crippen LogP contribution in [-0.2, 0) is 11.3 Å². The Morgan fingerprint density at radius 2 is 2.03 bits per heavy atom. The van der Waals surface area contributed by atoms with Crippen molar-refractivity contribution in [2.24, 2.45) is 0 Å². The monoisotopic (exact) mass is 461 g/mol. The molecule has 1 aliphatic rings. The van der Waals surface area contributed by atoms with E-state index in [0.29, 0.717) is 53.5 Å². The van der Waals surface area contributed by atoms with E-state index in [9.17, 15) is 4.79 Å². The number of methoxy groups -OCH3 is 1. The topological polar surface area (TPSA) is 81.3 Å². The lowest BCUT2D eigenvalue weighted by atomic mass is 10.2. The van der Waals surface area contributed by atoms with Crippen LogP contribution in [0.2, 0.25) is 10.0 Å². The standard InChI is InChI=1S/C20H21Cl2N7O2/c1-3-16-19(22)20(28-7-6-23-25-28)24-29(16)13-18(30)27-10-8-26(9-11-27)14-4-5-15(21)17(12-14)31-2/h3-7,12H,1,8-11,13H2,2H3. The molecule has 9 nitrogen and oxygen atoms in total. The number of benzene rings is 1. The highest BCUT2D eigenvalue weighted by Gasteiger charge is 2.24. The number of nitrogens with zero attached hydrogens (tertiary/aromatic N) is 7. The molecular weight excluding hydrogens is 441 g/mol. The average Bonchev–Trinajstić information content (AvgIpc) is 3.42. The van der Waals surface area contributed by atoms with Crippen molar-refractivity contribution in [3.05, 3.63) is 52.9 Å². The van der Waals surface area contributed by atoms with Gasteiger partial charge in [0.05, 0.1) is 30.2 Å². The molecule has 0 spiro atoms. The van der Waals surface area contributed by atoms with E-state index in [4.69, 9.17) is 27.9 Å². The minimum atomic E-state index is -0.0410. The van der Waals surface area contributed by atoms with Crippen molar-refractivity contribution in [1.29, 1.82) is 0 Å². The first-order chi connectivity index (χ1) is 15.0. The summed E-state index contributed by atoms with van der Waals surface area (Å²) < 4.78 is 8.30. The molecule has 31 heavy (non-hydrogen) atoms. The van der Waals surface area contributed by atoms with Gasteiger partial charge in [0.25, 0.3) is 0 Å². The fourth-order valence-corrected chi connectivity index (χ4v) is 4.00. The van der Waals surface area contributed by atoms with Crippen LogP contribution >= 0.6 is 23.2 Å². The molecule has 0 N–H and O–H groups in total. The Kier molecular flexibility index (Phi) is 6.15. The van der Waals surface area contributed by atoms with Gasteiger partial charge in [0.1, 0.15) is 17.3 Å². The number of carbonyl (C=O) groups is 1. The van der Waals surface area contributed by atoms with Crippen LogP contribution in [0.25, 0.3) is 11.9 Å². The van der Waals surface area contributed by atoms with Gasteiger partial charge in [-0.3, -0.25) is 9.48 Å². The van der Waals surface area contributed by atoms with Crippen molar-refractivity contribution < 1.29 is 9.53 Å². The molecular formula is C20H21Cl2N7O2. The Bertz CT molecular complexity index is 1090. The van der Waals surface area contributed by atoms with Crippen molar-refractivity contribution >= 4 is 40.9 Å². The van der Waals surface area contributed by atoms with Gasteiger partial charge < -0.3 is 14.5 Å². The van der Waals surface area contributed by atoms with Gasteiger partial charge in [-0.25, -0.2) is 0 Å². The lowest BCUT2D eigenvalue weighted by molar-refractivity contribution is -0.132. The van der Waals surface area contributed by atoms with Gasteiger partial charge in [0.15, 0.2) is 5.82 Å². The Morgan fingerprint density at radius 3 is 2.68 bits per heavy atom. The lowest BCUT2D eigenvalue weighted by Crippen LogP contribution is -2.49. The zero-order valence-corrected chi connectivity index (χ0v) is 18.4. The van der Waals surface area contributed by atoms with E-state index < -0.39 is 0 Å². The molecule has 3 heterocycles. The number of carbonyl (C=O) groups excluding carboxylic acids is 1. The third kappa shape index (κ3) is 4.24. The van der Waals surface area contributed by atoms with Crippen molar-refractivity contribution in [3.8, 4) is 11.6 Å². The highest BCUT2D eigenvalue weighted by molar-refractivity contribution is 6.33. The molecule has 1 aromatic carbocycles. The summed E-state index contributed by atoms with van der Waals surface area (Å²) in [5.74, 6) is 0.998. The third-order valence-corrected chi connectivity index (χ3v) is 5.84. The van der Waals surface area contributed by atoms with Crippen LogP contribution in [-0.4, -0.2) is 68.9 Å². The van der Waals surface area contributed by atoms with Gasteiger partial charge in [-0.2, -0.15) is 9.78 Å². The molecule has 162 valence electrons. The second-order valence-electron chi connectivity index (χ2n) is 6.92. The number of hydrogen-bond acceptors (Lipinski definition) is 6. The molecule has 11 heteroatoms. The van der Waals surface area contributed by atoms with E-state index in [1.54, 1.807) is 24.1 Å². The van der Waals surface area contributed by atoms with Gasteiger partial charge in [-0.1, -0.05) is 35.0 Å². The highest BCUT2D eigenvalue weighted by Crippen LogP contribution is 2.30. The molecule has 0 aliphatic carbocycles. The van der Waals surface area contributed by atoms with E-state index in [1.165, 1.54) is 10.9 Å². The van der Waals surface area contributed by atoms with E-state index in [-0.39, 0.29) is 12.5 Å². The summed E-state index contributed by atoms with van der Waals surface area (Å²) in [6, 6.07) is 5.68. The quantitative estimate of drug-likeness (QED) is 0.561. The Labute approximate surface area is 189 Å². The number of anilines is 1. The van der Waals surface area contributed by atoms with Gasteiger partial charge in [0, 0.05) is 37.9 Å². The van der Waals surface area contributed by atoms with Crippen LogP contribution in [0, 0.1) is 0 Å². The van der Waals surface area contributed by atoms with E-state index in [2.05, 4.69) is 26.9 Å². The Balaban J connectivity index is 1.43. The van der Waals surface area contributed by atoms with Crippen LogP contribution in [0.4, 0.5) is 5.69 Å². The predicted molar refractivity (Wildman–Crippen MR) is 119 cm³/mol. The van der Waals surface area contributed by atoms with Gasteiger partial charge in [-0.05, 0) is 18.2 Å². The first-order valence-corrected chi connectivity index (χ1v) is 10.4. The van der Waals surface area contributed by atoms with Crippen LogP contribution in [0.3, 0.4) is 0 Å². The molecule has 2 aromatic heterocycles. The normalized spacial score (nSPS) is 14.0. The minimum absolute atomic E-state index is 0.0410. The predicted octanol–water partition coefficient (Wildman–Crippen LogP) is 2.77. The molecule has 0 saturated carbocycles. The summed E-state index contributed by atoms with van der Waals surface area (Å²) in [6.07, 6.45) is 4.75. The first-order valence-electron chi connectivity index (χ1n) is 9.63. The van der Waals surface area contributed by atoms with E-state index in [0.717, 1.165) is 5.69 Å². The van der Waals surface area contributed by atoms with Crippen LogP contribution in [0.5, 0.6) is 5.75 Å². The SMILES string of the molecule is C=Cc1c(Cl)c(-n2ccnn2)nn1CC(=O)N1CCN(c2ccc(Cl)c(OC)c2)CC1. The van der Waals surface area contributed by atoms with E-state index in [1.807, 2.05) is 23.1 Å². The summed E-state index contributed by atoms with van der Waals surface area (Å²) >= 11 is 12.5. The maximum absolute atomic E-state index is 12.9. The summed E-state index contributed by atoms with van der Waals surface area (Å²) in [4.78, 5) is 16.9. The molecule has 4 rings (SSSR count). The summed E-state index contributed by atoms with van der Waals surface area (Å²) in [7, 11) is 1.59. The summed E-state index contributed by atoms with van der Waals surface area (Å²) in [6.45, 7) is 6.45. The number of hydrogen-bond donors (Lipinski definition) is 0. The van der Waals surface area contributed by atoms with Crippen molar-refractivity contribution in [3.63, 3.8) is 0 Å². The van der Waals surface area contributed by atoms with Gasteiger partial charge >= 0.3 is 0 Å². The zero-order valence-electron chi connectivity index (χ0n) is 16.9. The summed E-state index contributed by atoms with van der Waals surface area (Å²) in [5, 5.41) is 13.1. The molecule has 1 aliphatic heterocycles. The summed E-state index contributed by atoms with van der Waals surface area (Å²) in [5.41, 5.74) is 1.58. The average molecular weight is 462 g/mol.